The van der Waals surface area contributed by atoms with Gasteiger partial charge in [-0.3, -0.25) is 4.79 Å². The molecule has 1 atom stereocenters. The maximum absolute atomic E-state index is 12.5. The zero-order chi connectivity index (χ0) is 16.5. The van der Waals surface area contributed by atoms with Gasteiger partial charge < -0.3 is 14.5 Å². The quantitative estimate of drug-likeness (QED) is 0.868. The molecule has 0 bridgehead atoms. The Hall–Kier alpha value is -2.14. The number of nitrogens with zero attached hydrogens (tertiary/aromatic N) is 3. The summed E-state index contributed by atoms with van der Waals surface area (Å²) >= 11 is 0. The second kappa shape index (κ2) is 6.40. The van der Waals surface area contributed by atoms with Crippen LogP contribution in [0.2, 0.25) is 0 Å². The van der Waals surface area contributed by atoms with Gasteiger partial charge in [-0.2, -0.15) is 0 Å². The van der Waals surface area contributed by atoms with Crippen molar-refractivity contribution in [1.29, 1.82) is 0 Å². The summed E-state index contributed by atoms with van der Waals surface area (Å²) in [6.45, 7) is 3.33. The number of piperidine rings is 1. The van der Waals surface area contributed by atoms with E-state index >= 15 is 0 Å². The van der Waals surface area contributed by atoms with Gasteiger partial charge >= 0.3 is 0 Å². The fourth-order valence-corrected chi connectivity index (χ4v) is 3.60. The first-order valence-corrected chi connectivity index (χ1v) is 8.69. The third-order valence-electron chi connectivity index (χ3n) is 4.99. The second-order valence-electron chi connectivity index (χ2n) is 6.93. The van der Waals surface area contributed by atoms with Crippen molar-refractivity contribution in [2.24, 2.45) is 5.92 Å². The number of ether oxygens (including phenoxy) is 1. The van der Waals surface area contributed by atoms with Crippen molar-refractivity contribution >= 4 is 16.8 Å². The largest absolute Gasteiger partial charge is 0.471 e. The molecule has 5 nitrogen and oxygen atoms in total. The van der Waals surface area contributed by atoms with Gasteiger partial charge in [-0.25, -0.2) is 4.98 Å². The van der Waals surface area contributed by atoms with E-state index in [4.69, 9.17) is 4.74 Å². The highest BCUT2D eigenvalue weighted by molar-refractivity contribution is 5.80. The fraction of sp³-hybridized carbons (Fsp3) is 0.474. The van der Waals surface area contributed by atoms with Gasteiger partial charge in [0.25, 0.3) is 0 Å². The number of para-hydroxylation sites is 1. The van der Waals surface area contributed by atoms with Crippen LogP contribution in [-0.4, -0.2) is 60.0 Å². The summed E-state index contributed by atoms with van der Waals surface area (Å²) in [5.41, 5.74) is 0.937. The van der Waals surface area contributed by atoms with E-state index in [-0.39, 0.29) is 17.9 Å². The van der Waals surface area contributed by atoms with Crippen molar-refractivity contribution in [3.05, 3.63) is 36.4 Å². The molecule has 126 valence electrons. The Kier molecular flexibility index (Phi) is 4.10. The summed E-state index contributed by atoms with van der Waals surface area (Å²) in [5.74, 6) is 1.08. The van der Waals surface area contributed by atoms with Crippen molar-refractivity contribution in [2.45, 2.75) is 18.9 Å². The monoisotopic (exact) mass is 325 g/mol. The predicted octanol–water partition coefficient (Wildman–Crippen LogP) is 2.17. The number of hydrogen-bond donors (Lipinski definition) is 0. The highest BCUT2D eigenvalue weighted by Crippen LogP contribution is 2.24. The van der Waals surface area contributed by atoms with E-state index in [2.05, 4.69) is 16.9 Å². The maximum atomic E-state index is 12.5. The first kappa shape index (κ1) is 15.4. The molecule has 1 unspecified atom stereocenters. The zero-order valence-corrected chi connectivity index (χ0v) is 14.0. The van der Waals surface area contributed by atoms with Gasteiger partial charge in [0, 0.05) is 18.0 Å². The summed E-state index contributed by atoms with van der Waals surface area (Å²) in [7, 11) is 2.09. The lowest BCUT2D eigenvalue weighted by Gasteiger charge is -2.41. The average Bonchev–Trinajstić information content (AvgIpc) is 2.57. The van der Waals surface area contributed by atoms with Crippen LogP contribution in [0.5, 0.6) is 5.88 Å². The molecule has 24 heavy (non-hydrogen) atoms. The second-order valence-corrected chi connectivity index (χ2v) is 6.93. The third-order valence-corrected chi connectivity index (χ3v) is 4.99. The number of amides is 1. The first-order valence-electron chi connectivity index (χ1n) is 8.69. The van der Waals surface area contributed by atoms with Gasteiger partial charge in [0.1, 0.15) is 6.10 Å². The van der Waals surface area contributed by atoms with Crippen LogP contribution >= 0.6 is 0 Å². The molecule has 2 aliphatic rings. The standard InChI is InChI=1S/C19H23N3O2/c1-21-10-4-6-15(11-21)19(23)22-12-16(13-22)24-18-9-8-14-5-2-3-7-17(14)20-18/h2-3,5,7-9,15-16H,4,6,10-13H2,1H3. The van der Waals surface area contributed by atoms with Gasteiger partial charge in [0.2, 0.25) is 11.8 Å². The van der Waals surface area contributed by atoms with Crippen LogP contribution in [0.4, 0.5) is 0 Å². The molecule has 0 aliphatic carbocycles. The minimum atomic E-state index is 0.0592. The smallest absolute Gasteiger partial charge is 0.227 e. The van der Waals surface area contributed by atoms with E-state index in [1.54, 1.807) is 0 Å². The molecule has 2 saturated heterocycles. The Morgan fingerprint density at radius 1 is 1.17 bits per heavy atom. The maximum Gasteiger partial charge on any atom is 0.227 e. The SMILES string of the molecule is CN1CCCC(C(=O)N2CC(Oc3ccc4ccccc4n3)C2)C1. The lowest BCUT2D eigenvalue weighted by molar-refractivity contribution is -0.146. The summed E-state index contributed by atoms with van der Waals surface area (Å²) in [5, 5.41) is 1.11. The van der Waals surface area contributed by atoms with Crippen LogP contribution in [0.15, 0.2) is 36.4 Å². The lowest BCUT2D eigenvalue weighted by Crippen LogP contribution is -2.58. The molecule has 0 N–H and O–H groups in total. The Morgan fingerprint density at radius 3 is 2.83 bits per heavy atom. The van der Waals surface area contributed by atoms with Crippen LogP contribution in [-0.2, 0) is 4.79 Å². The Morgan fingerprint density at radius 2 is 2.00 bits per heavy atom. The van der Waals surface area contributed by atoms with Crippen molar-refractivity contribution < 1.29 is 9.53 Å². The molecule has 1 amide bonds. The molecule has 0 radical (unpaired) electrons. The highest BCUT2D eigenvalue weighted by Gasteiger charge is 2.37. The minimum Gasteiger partial charge on any atom is -0.471 e. The van der Waals surface area contributed by atoms with Crippen molar-refractivity contribution in [1.82, 2.24) is 14.8 Å². The Labute approximate surface area is 142 Å². The average molecular weight is 325 g/mol. The molecule has 2 aliphatic heterocycles. The lowest BCUT2D eigenvalue weighted by atomic mass is 9.95. The van der Waals surface area contributed by atoms with E-state index in [0.717, 1.165) is 36.8 Å². The van der Waals surface area contributed by atoms with Crippen LogP contribution < -0.4 is 4.74 Å². The van der Waals surface area contributed by atoms with Crippen molar-refractivity contribution in [3.63, 3.8) is 0 Å². The summed E-state index contributed by atoms with van der Waals surface area (Å²) in [4.78, 5) is 21.2. The zero-order valence-electron chi connectivity index (χ0n) is 14.0. The number of likely N-dealkylation sites (tertiary alicyclic amines) is 2. The minimum absolute atomic E-state index is 0.0592. The first-order chi connectivity index (χ1) is 11.7. The summed E-state index contributed by atoms with van der Waals surface area (Å²) < 4.78 is 5.93. The van der Waals surface area contributed by atoms with Gasteiger partial charge in [-0.15, -0.1) is 0 Å². The number of pyridine rings is 1. The van der Waals surface area contributed by atoms with E-state index in [0.29, 0.717) is 19.0 Å². The van der Waals surface area contributed by atoms with Gasteiger partial charge in [0.15, 0.2) is 0 Å². The number of carbonyl (C=O) groups excluding carboxylic acids is 1. The van der Waals surface area contributed by atoms with Crippen LogP contribution in [0.3, 0.4) is 0 Å². The molecule has 1 aromatic carbocycles. The van der Waals surface area contributed by atoms with Crippen molar-refractivity contribution in [2.75, 3.05) is 33.2 Å². The van der Waals surface area contributed by atoms with E-state index in [1.807, 2.05) is 41.3 Å². The van der Waals surface area contributed by atoms with E-state index in [1.165, 1.54) is 0 Å². The highest BCUT2D eigenvalue weighted by atomic mass is 16.5. The van der Waals surface area contributed by atoms with Gasteiger partial charge in [-0.05, 0) is 38.6 Å². The topological polar surface area (TPSA) is 45.7 Å². The van der Waals surface area contributed by atoms with Crippen molar-refractivity contribution in [3.8, 4) is 5.88 Å². The predicted molar refractivity (Wildman–Crippen MR) is 93.0 cm³/mol. The molecule has 0 spiro atoms. The molecular formula is C19H23N3O2. The number of carbonyl (C=O) groups is 1. The number of fused-ring (bicyclic) bond motifs is 1. The summed E-state index contributed by atoms with van der Waals surface area (Å²) in [6, 6.07) is 11.9. The fourth-order valence-electron chi connectivity index (χ4n) is 3.60. The van der Waals surface area contributed by atoms with Crippen LogP contribution in [0.1, 0.15) is 12.8 Å². The molecule has 2 fully saturated rings. The van der Waals surface area contributed by atoms with Gasteiger partial charge in [-0.1, -0.05) is 18.2 Å². The van der Waals surface area contributed by atoms with E-state index in [9.17, 15) is 4.79 Å². The van der Waals surface area contributed by atoms with Gasteiger partial charge in [0.05, 0.1) is 24.5 Å². The Bertz CT molecular complexity index is 742. The molecule has 5 heteroatoms. The number of aromatic nitrogens is 1. The Balaban J connectivity index is 1.33. The molecule has 1 aromatic heterocycles. The molecule has 4 rings (SSSR count). The number of rotatable bonds is 3. The molecular weight excluding hydrogens is 302 g/mol. The summed E-state index contributed by atoms with van der Waals surface area (Å²) in [6.07, 6.45) is 2.18. The molecule has 3 heterocycles. The third kappa shape index (κ3) is 3.08. The van der Waals surface area contributed by atoms with Crippen LogP contribution in [0, 0.1) is 5.92 Å². The normalized spacial score (nSPS) is 22.4. The number of benzene rings is 1. The molecule has 2 aromatic rings. The number of hydrogen-bond acceptors (Lipinski definition) is 4. The van der Waals surface area contributed by atoms with E-state index < -0.39 is 0 Å². The molecule has 0 saturated carbocycles. The van der Waals surface area contributed by atoms with Crippen LogP contribution in [0.25, 0.3) is 10.9 Å².